The number of fused-ring (bicyclic) bond motifs is 10. The Labute approximate surface area is 311 Å². The van der Waals surface area contributed by atoms with Crippen LogP contribution >= 0.6 is 0 Å². The molecule has 250 valence electrons. The van der Waals surface area contributed by atoms with Gasteiger partial charge in [0, 0.05) is 33.7 Å². The van der Waals surface area contributed by atoms with Crippen LogP contribution in [0.2, 0.25) is 0 Å². The van der Waals surface area contributed by atoms with Crippen molar-refractivity contribution < 1.29 is 0 Å². The number of benzene rings is 9. The maximum atomic E-state index is 5.18. The fraction of sp³-hybridized carbons (Fsp3) is 0. The number of hydrogen-bond acceptors (Lipinski definition) is 4. The first kappa shape index (κ1) is 30.3. The van der Waals surface area contributed by atoms with Crippen LogP contribution in [0.3, 0.4) is 0 Å². The molecular weight excluding hydrogens is 657 g/mol. The molecular formula is C50H30N4. The van der Waals surface area contributed by atoms with Gasteiger partial charge >= 0.3 is 0 Å². The van der Waals surface area contributed by atoms with Gasteiger partial charge in [-0.2, -0.15) is 0 Å². The zero-order valence-electron chi connectivity index (χ0n) is 29.1. The van der Waals surface area contributed by atoms with Gasteiger partial charge in [-0.3, -0.25) is 4.98 Å². The van der Waals surface area contributed by atoms with Gasteiger partial charge in [0.15, 0.2) is 17.5 Å². The number of nitrogens with zero attached hydrogens (tertiary/aromatic N) is 4. The van der Waals surface area contributed by atoms with E-state index >= 15 is 0 Å². The lowest BCUT2D eigenvalue weighted by molar-refractivity contribution is 1.08. The lowest BCUT2D eigenvalue weighted by atomic mass is 9.90. The minimum absolute atomic E-state index is 0.621. The molecule has 2 aromatic heterocycles. The van der Waals surface area contributed by atoms with Crippen molar-refractivity contribution in [1.82, 2.24) is 19.9 Å². The number of hydrogen-bond donors (Lipinski definition) is 0. The highest BCUT2D eigenvalue weighted by Crippen LogP contribution is 2.40. The molecule has 0 aliphatic carbocycles. The predicted octanol–water partition coefficient (Wildman–Crippen LogP) is 12.9. The molecule has 4 heteroatoms. The van der Waals surface area contributed by atoms with Crippen LogP contribution in [-0.4, -0.2) is 19.9 Å². The van der Waals surface area contributed by atoms with Crippen molar-refractivity contribution >= 4 is 64.8 Å². The molecule has 0 N–H and O–H groups in total. The normalized spacial score (nSPS) is 11.7. The molecule has 0 saturated heterocycles. The molecule has 0 fully saturated rings. The first-order valence-corrected chi connectivity index (χ1v) is 18.2. The van der Waals surface area contributed by atoms with E-state index in [1.165, 1.54) is 43.4 Å². The average molecular weight is 687 g/mol. The Balaban J connectivity index is 1.10. The minimum Gasteiger partial charge on any atom is -0.256 e. The van der Waals surface area contributed by atoms with Gasteiger partial charge in [0.1, 0.15) is 0 Å². The van der Waals surface area contributed by atoms with E-state index in [1.54, 1.807) is 0 Å². The second-order valence-corrected chi connectivity index (χ2v) is 13.8. The largest absolute Gasteiger partial charge is 0.256 e. The molecule has 0 radical (unpaired) electrons. The SMILES string of the molecule is c1ccc(-c2nc(-c3ccc4c(cnc5ccccc54)c3)nc(-c3cccc4c(-c5ccc6c7ccccc7c7ccccc7c6c5)cccc34)n2)cc1. The first-order valence-electron chi connectivity index (χ1n) is 18.2. The van der Waals surface area contributed by atoms with Crippen molar-refractivity contribution in [2.45, 2.75) is 0 Å². The predicted molar refractivity (Wildman–Crippen MR) is 224 cm³/mol. The molecule has 9 aromatic carbocycles. The Hall–Kier alpha value is -7.30. The third kappa shape index (κ3) is 4.85. The molecule has 4 nitrogen and oxygen atoms in total. The molecule has 0 unspecified atom stereocenters. The van der Waals surface area contributed by atoms with E-state index in [4.69, 9.17) is 19.9 Å². The van der Waals surface area contributed by atoms with Crippen molar-refractivity contribution in [3.05, 3.63) is 182 Å². The second kappa shape index (κ2) is 12.1. The number of para-hydroxylation sites is 1. The molecule has 0 bridgehead atoms. The summed E-state index contributed by atoms with van der Waals surface area (Å²) < 4.78 is 0. The van der Waals surface area contributed by atoms with Crippen molar-refractivity contribution in [3.8, 4) is 45.3 Å². The van der Waals surface area contributed by atoms with E-state index in [-0.39, 0.29) is 0 Å². The summed E-state index contributed by atoms with van der Waals surface area (Å²) in [6.07, 6.45) is 1.94. The fourth-order valence-corrected chi connectivity index (χ4v) is 8.18. The lowest BCUT2D eigenvalue weighted by Crippen LogP contribution is -2.00. The van der Waals surface area contributed by atoms with Gasteiger partial charge < -0.3 is 0 Å². The minimum atomic E-state index is 0.621. The summed E-state index contributed by atoms with van der Waals surface area (Å²) in [6.45, 7) is 0. The van der Waals surface area contributed by atoms with E-state index < -0.39 is 0 Å². The number of aromatic nitrogens is 4. The third-order valence-corrected chi connectivity index (χ3v) is 10.7. The average Bonchev–Trinajstić information content (AvgIpc) is 3.25. The quantitative estimate of drug-likeness (QED) is 0.173. The van der Waals surface area contributed by atoms with Gasteiger partial charge in [0.2, 0.25) is 0 Å². The Bertz CT molecular complexity index is 3240. The zero-order chi connectivity index (χ0) is 35.6. The fourth-order valence-electron chi connectivity index (χ4n) is 8.18. The van der Waals surface area contributed by atoms with Crippen molar-refractivity contribution in [3.63, 3.8) is 0 Å². The Morgan fingerprint density at radius 1 is 0.278 bits per heavy atom. The van der Waals surface area contributed by atoms with E-state index in [2.05, 4.69) is 133 Å². The standard InChI is InChI=1S/C50H30N4/c1-2-12-31(13-3-1)48-52-49(33-25-26-36-34(28-33)30-51-47-23-9-8-18-44(36)47)54-50(53-48)45-22-11-20-37-35(19-10-21-41(37)45)32-24-27-43-40-16-5-4-14-38(40)39-15-6-7-17-42(39)46(43)29-32/h1-30H. The van der Waals surface area contributed by atoms with Gasteiger partial charge in [-0.15, -0.1) is 0 Å². The van der Waals surface area contributed by atoms with Gasteiger partial charge in [-0.25, -0.2) is 15.0 Å². The van der Waals surface area contributed by atoms with Crippen LogP contribution in [0.4, 0.5) is 0 Å². The smallest absolute Gasteiger partial charge is 0.164 e. The molecule has 11 rings (SSSR count). The Morgan fingerprint density at radius 3 is 1.54 bits per heavy atom. The van der Waals surface area contributed by atoms with Gasteiger partial charge in [-0.05, 0) is 77.8 Å². The summed E-state index contributed by atoms with van der Waals surface area (Å²) in [6, 6.07) is 62.1. The summed E-state index contributed by atoms with van der Waals surface area (Å²) in [4.78, 5) is 20.1. The highest BCUT2D eigenvalue weighted by atomic mass is 15.0. The van der Waals surface area contributed by atoms with Crippen LogP contribution in [0.15, 0.2) is 182 Å². The van der Waals surface area contributed by atoms with E-state index in [0.717, 1.165) is 49.1 Å². The molecule has 11 aromatic rings. The lowest BCUT2D eigenvalue weighted by Gasteiger charge is -2.14. The topological polar surface area (TPSA) is 51.6 Å². The number of rotatable bonds is 4. The molecule has 0 atom stereocenters. The van der Waals surface area contributed by atoms with E-state index in [0.29, 0.717) is 17.5 Å². The van der Waals surface area contributed by atoms with Crippen molar-refractivity contribution in [1.29, 1.82) is 0 Å². The van der Waals surface area contributed by atoms with E-state index in [1.807, 2.05) is 48.7 Å². The van der Waals surface area contributed by atoms with Crippen LogP contribution in [-0.2, 0) is 0 Å². The molecule has 0 saturated carbocycles. The molecule has 54 heavy (non-hydrogen) atoms. The van der Waals surface area contributed by atoms with Crippen LogP contribution in [0.1, 0.15) is 0 Å². The van der Waals surface area contributed by atoms with Crippen molar-refractivity contribution in [2.75, 3.05) is 0 Å². The monoisotopic (exact) mass is 686 g/mol. The second-order valence-electron chi connectivity index (χ2n) is 13.8. The Morgan fingerprint density at radius 2 is 0.796 bits per heavy atom. The van der Waals surface area contributed by atoms with Crippen LogP contribution in [0, 0.1) is 0 Å². The van der Waals surface area contributed by atoms with Crippen LogP contribution < -0.4 is 0 Å². The summed E-state index contributed by atoms with van der Waals surface area (Å²) in [5.74, 6) is 1.89. The first-order chi connectivity index (χ1) is 26.8. The summed E-state index contributed by atoms with van der Waals surface area (Å²) in [5.41, 5.74) is 6.13. The molecule has 0 amide bonds. The third-order valence-electron chi connectivity index (χ3n) is 10.7. The summed E-state index contributed by atoms with van der Waals surface area (Å²) in [5, 5.41) is 13.2. The van der Waals surface area contributed by atoms with Crippen LogP contribution in [0.25, 0.3) is 110 Å². The van der Waals surface area contributed by atoms with Crippen molar-refractivity contribution in [2.24, 2.45) is 0 Å². The molecule has 2 heterocycles. The zero-order valence-corrected chi connectivity index (χ0v) is 29.1. The molecule has 0 aliphatic heterocycles. The van der Waals surface area contributed by atoms with Gasteiger partial charge in [0.25, 0.3) is 0 Å². The maximum absolute atomic E-state index is 5.18. The molecule has 0 spiro atoms. The Kier molecular flexibility index (Phi) is 6.82. The highest BCUT2D eigenvalue weighted by molar-refractivity contribution is 6.26. The maximum Gasteiger partial charge on any atom is 0.164 e. The van der Waals surface area contributed by atoms with Crippen LogP contribution in [0.5, 0.6) is 0 Å². The summed E-state index contributed by atoms with van der Waals surface area (Å²) >= 11 is 0. The van der Waals surface area contributed by atoms with E-state index in [9.17, 15) is 0 Å². The van der Waals surface area contributed by atoms with Gasteiger partial charge in [-0.1, -0.05) is 158 Å². The van der Waals surface area contributed by atoms with Gasteiger partial charge in [0.05, 0.1) is 5.52 Å². The summed E-state index contributed by atoms with van der Waals surface area (Å²) in [7, 11) is 0. The molecule has 0 aliphatic rings. The highest BCUT2D eigenvalue weighted by Gasteiger charge is 2.17. The number of pyridine rings is 1.